The third kappa shape index (κ3) is 4.40. The molecule has 4 rings (SSSR count). The zero-order valence-corrected chi connectivity index (χ0v) is 14.2. The maximum absolute atomic E-state index is 13.4. The van der Waals surface area contributed by atoms with E-state index in [2.05, 4.69) is 35.6 Å². The fourth-order valence-corrected chi connectivity index (χ4v) is 2.40. The number of anilines is 4. The largest absolute Gasteiger partial charge is 0.384 e. The van der Waals surface area contributed by atoms with Crippen molar-refractivity contribution in [3.05, 3.63) is 42.1 Å². The lowest BCUT2D eigenvalue weighted by molar-refractivity contribution is 0.584. The van der Waals surface area contributed by atoms with Gasteiger partial charge in [0.15, 0.2) is 5.82 Å². The van der Waals surface area contributed by atoms with Crippen LogP contribution >= 0.6 is 0 Å². The van der Waals surface area contributed by atoms with Crippen molar-refractivity contribution in [3.63, 3.8) is 0 Å². The third-order valence-corrected chi connectivity index (χ3v) is 3.88. The molecular formula is C17H16F2N8. The standard InChI is InChI=1S/C17H16F2N8/c18-10-5-11(19)7-12(6-10)23-17-26-15(14-21-4-3-13(20)24-14)25-16(27-17)22-8-9-1-2-9/h3-7,9H,1-2,8H2,(H2,20,21,24)(H2,22,23,25,26,27). The average molecular weight is 370 g/mol. The first-order valence-corrected chi connectivity index (χ1v) is 8.37. The molecule has 0 spiro atoms. The van der Waals surface area contributed by atoms with Gasteiger partial charge in [-0.15, -0.1) is 0 Å². The number of benzene rings is 1. The number of rotatable bonds is 6. The predicted molar refractivity (Wildman–Crippen MR) is 96.1 cm³/mol. The van der Waals surface area contributed by atoms with E-state index < -0.39 is 11.6 Å². The Labute approximate surface area is 153 Å². The van der Waals surface area contributed by atoms with E-state index in [1.807, 2.05) is 0 Å². The van der Waals surface area contributed by atoms with Gasteiger partial charge >= 0.3 is 0 Å². The van der Waals surface area contributed by atoms with E-state index in [0.29, 0.717) is 11.9 Å². The molecule has 0 atom stereocenters. The molecule has 0 radical (unpaired) electrons. The highest BCUT2D eigenvalue weighted by molar-refractivity contribution is 5.58. The van der Waals surface area contributed by atoms with Crippen LogP contribution in [0.3, 0.4) is 0 Å². The van der Waals surface area contributed by atoms with E-state index in [1.54, 1.807) is 6.07 Å². The van der Waals surface area contributed by atoms with Gasteiger partial charge < -0.3 is 16.4 Å². The second-order valence-corrected chi connectivity index (χ2v) is 6.22. The maximum atomic E-state index is 13.4. The fraction of sp³-hybridized carbons (Fsp3) is 0.235. The van der Waals surface area contributed by atoms with Gasteiger partial charge in [-0.2, -0.15) is 15.0 Å². The topological polar surface area (TPSA) is 115 Å². The van der Waals surface area contributed by atoms with Crippen LogP contribution in [0, 0.1) is 17.6 Å². The lowest BCUT2D eigenvalue weighted by atomic mass is 10.3. The number of nitrogen functional groups attached to an aromatic ring is 1. The summed E-state index contributed by atoms with van der Waals surface area (Å²) < 4.78 is 26.9. The Kier molecular flexibility index (Phi) is 4.45. The number of aromatic nitrogens is 5. The van der Waals surface area contributed by atoms with Crippen LogP contribution in [0.2, 0.25) is 0 Å². The molecule has 27 heavy (non-hydrogen) atoms. The van der Waals surface area contributed by atoms with Crippen molar-refractivity contribution >= 4 is 23.4 Å². The fourth-order valence-electron chi connectivity index (χ4n) is 2.40. The summed E-state index contributed by atoms with van der Waals surface area (Å²) in [6, 6.07) is 4.61. The summed E-state index contributed by atoms with van der Waals surface area (Å²) in [5.74, 6) is 0.287. The van der Waals surface area contributed by atoms with E-state index in [4.69, 9.17) is 5.73 Å². The van der Waals surface area contributed by atoms with Gasteiger partial charge in [0, 0.05) is 24.5 Å². The van der Waals surface area contributed by atoms with Crippen molar-refractivity contribution in [2.75, 3.05) is 22.9 Å². The first kappa shape index (κ1) is 17.0. The van der Waals surface area contributed by atoms with E-state index in [1.165, 1.54) is 6.20 Å². The Morgan fingerprint density at radius 1 is 0.963 bits per heavy atom. The van der Waals surface area contributed by atoms with E-state index in [0.717, 1.165) is 37.6 Å². The highest BCUT2D eigenvalue weighted by Crippen LogP contribution is 2.29. The number of nitrogens with zero attached hydrogens (tertiary/aromatic N) is 5. The van der Waals surface area contributed by atoms with Crippen molar-refractivity contribution in [3.8, 4) is 11.6 Å². The summed E-state index contributed by atoms with van der Waals surface area (Å²) in [6.07, 6.45) is 3.82. The molecule has 0 bridgehead atoms. The van der Waals surface area contributed by atoms with Crippen LogP contribution in [0.25, 0.3) is 11.6 Å². The van der Waals surface area contributed by atoms with E-state index in [-0.39, 0.29) is 29.1 Å². The molecule has 10 heteroatoms. The molecule has 1 aromatic carbocycles. The minimum absolute atomic E-state index is 0.106. The van der Waals surface area contributed by atoms with Crippen LogP contribution in [0.15, 0.2) is 30.5 Å². The molecule has 2 aromatic heterocycles. The van der Waals surface area contributed by atoms with Gasteiger partial charge in [0.25, 0.3) is 0 Å². The van der Waals surface area contributed by atoms with Crippen molar-refractivity contribution in [1.82, 2.24) is 24.9 Å². The average Bonchev–Trinajstić information content (AvgIpc) is 3.43. The number of hydrogen-bond acceptors (Lipinski definition) is 8. The molecule has 1 aliphatic carbocycles. The van der Waals surface area contributed by atoms with Crippen LogP contribution in [0.5, 0.6) is 0 Å². The van der Waals surface area contributed by atoms with E-state index >= 15 is 0 Å². The molecule has 138 valence electrons. The number of nitrogens with two attached hydrogens (primary N) is 1. The van der Waals surface area contributed by atoms with Crippen LogP contribution in [0.1, 0.15) is 12.8 Å². The van der Waals surface area contributed by atoms with Gasteiger partial charge in [-0.05, 0) is 37.0 Å². The lowest BCUT2D eigenvalue weighted by Gasteiger charge is -2.10. The first-order chi connectivity index (χ1) is 13.0. The summed E-state index contributed by atoms with van der Waals surface area (Å²) in [6.45, 7) is 0.731. The highest BCUT2D eigenvalue weighted by atomic mass is 19.1. The number of nitrogens with one attached hydrogen (secondary N) is 2. The quantitative estimate of drug-likeness (QED) is 0.607. The predicted octanol–water partition coefficient (Wildman–Crippen LogP) is 2.75. The maximum Gasteiger partial charge on any atom is 0.232 e. The Morgan fingerprint density at radius 3 is 2.41 bits per heavy atom. The lowest BCUT2D eigenvalue weighted by Crippen LogP contribution is -2.11. The molecule has 0 saturated heterocycles. The van der Waals surface area contributed by atoms with Crippen LogP contribution in [-0.4, -0.2) is 31.5 Å². The summed E-state index contributed by atoms with van der Waals surface area (Å²) in [4.78, 5) is 21.0. The molecule has 1 aliphatic rings. The van der Waals surface area contributed by atoms with Crippen molar-refractivity contribution in [2.24, 2.45) is 5.92 Å². The Bertz CT molecular complexity index is 957. The number of hydrogen-bond donors (Lipinski definition) is 3. The van der Waals surface area contributed by atoms with Gasteiger partial charge in [-0.3, -0.25) is 0 Å². The van der Waals surface area contributed by atoms with Gasteiger partial charge in [0.1, 0.15) is 17.5 Å². The molecular weight excluding hydrogens is 354 g/mol. The summed E-state index contributed by atoms with van der Waals surface area (Å²) in [7, 11) is 0. The molecule has 3 aromatic rings. The summed E-state index contributed by atoms with van der Waals surface area (Å²) in [5.41, 5.74) is 5.87. The van der Waals surface area contributed by atoms with E-state index in [9.17, 15) is 8.78 Å². The Hall–Kier alpha value is -3.43. The van der Waals surface area contributed by atoms with Crippen LogP contribution < -0.4 is 16.4 Å². The second-order valence-electron chi connectivity index (χ2n) is 6.22. The smallest absolute Gasteiger partial charge is 0.232 e. The van der Waals surface area contributed by atoms with Gasteiger partial charge in [0.2, 0.25) is 17.7 Å². The molecule has 1 fully saturated rings. The van der Waals surface area contributed by atoms with Crippen molar-refractivity contribution < 1.29 is 8.78 Å². The molecule has 0 amide bonds. The van der Waals surface area contributed by atoms with Crippen LogP contribution in [0.4, 0.5) is 32.2 Å². The highest BCUT2D eigenvalue weighted by Gasteiger charge is 2.21. The molecule has 0 unspecified atom stereocenters. The minimum Gasteiger partial charge on any atom is -0.384 e. The summed E-state index contributed by atoms with van der Waals surface area (Å²) in [5, 5.41) is 5.93. The third-order valence-electron chi connectivity index (χ3n) is 3.88. The summed E-state index contributed by atoms with van der Waals surface area (Å²) >= 11 is 0. The Balaban J connectivity index is 1.68. The number of halogens is 2. The molecule has 8 nitrogen and oxygen atoms in total. The Morgan fingerprint density at radius 2 is 1.70 bits per heavy atom. The zero-order valence-electron chi connectivity index (χ0n) is 14.2. The molecule has 4 N–H and O–H groups in total. The molecule has 0 aliphatic heterocycles. The van der Waals surface area contributed by atoms with Crippen molar-refractivity contribution in [1.29, 1.82) is 0 Å². The molecule has 2 heterocycles. The van der Waals surface area contributed by atoms with Gasteiger partial charge in [-0.25, -0.2) is 18.7 Å². The zero-order chi connectivity index (χ0) is 18.8. The van der Waals surface area contributed by atoms with Gasteiger partial charge in [-0.1, -0.05) is 0 Å². The van der Waals surface area contributed by atoms with Gasteiger partial charge in [0.05, 0.1) is 0 Å². The molecule has 1 saturated carbocycles. The minimum atomic E-state index is -0.710. The first-order valence-electron chi connectivity index (χ1n) is 8.37. The second kappa shape index (κ2) is 7.06. The van der Waals surface area contributed by atoms with Crippen LogP contribution in [-0.2, 0) is 0 Å². The van der Waals surface area contributed by atoms with Crippen molar-refractivity contribution in [2.45, 2.75) is 12.8 Å². The normalized spacial score (nSPS) is 13.4. The SMILES string of the molecule is Nc1ccnc(-c2nc(NCC3CC3)nc(Nc3cc(F)cc(F)c3)n2)n1. The monoisotopic (exact) mass is 370 g/mol.